The quantitative estimate of drug-likeness (QED) is 0.899. The van der Waals surface area contributed by atoms with Crippen molar-refractivity contribution >= 4 is 16.8 Å². The summed E-state index contributed by atoms with van der Waals surface area (Å²) in [4.78, 5) is 14.8. The molecule has 6 heteroatoms. The number of carbonyl (C=O) groups excluding carboxylic acids is 1. The fourth-order valence-corrected chi connectivity index (χ4v) is 3.11. The highest BCUT2D eigenvalue weighted by Crippen LogP contribution is 2.21. The Labute approximate surface area is 145 Å². The molecule has 1 aromatic carbocycles. The summed E-state index contributed by atoms with van der Waals surface area (Å²) in [6.45, 7) is 6.21. The van der Waals surface area contributed by atoms with E-state index in [1.54, 1.807) is 18.2 Å². The number of amides is 2. The third kappa shape index (κ3) is 4.47. The van der Waals surface area contributed by atoms with Crippen molar-refractivity contribution in [3.8, 4) is 0 Å². The van der Waals surface area contributed by atoms with Crippen LogP contribution < -0.4 is 5.32 Å². The molecule has 0 aliphatic rings. The van der Waals surface area contributed by atoms with Crippen LogP contribution in [0, 0.1) is 13.8 Å². The van der Waals surface area contributed by atoms with Crippen LogP contribution in [0.25, 0.3) is 0 Å². The molecule has 0 saturated carbocycles. The van der Waals surface area contributed by atoms with Crippen LogP contribution in [-0.2, 0) is 17.3 Å². The molecule has 0 unspecified atom stereocenters. The van der Waals surface area contributed by atoms with Crippen LogP contribution >= 0.6 is 0 Å². The van der Waals surface area contributed by atoms with E-state index in [1.807, 2.05) is 51.1 Å². The van der Waals surface area contributed by atoms with Crippen molar-refractivity contribution in [1.82, 2.24) is 10.2 Å². The van der Waals surface area contributed by atoms with Crippen molar-refractivity contribution in [2.45, 2.75) is 38.3 Å². The monoisotopic (exact) mass is 348 g/mol. The maximum absolute atomic E-state index is 12.4. The molecular weight excluding hydrogens is 324 g/mol. The summed E-state index contributed by atoms with van der Waals surface area (Å²) >= 11 is 0. The lowest BCUT2D eigenvalue weighted by Crippen LogP contribution is -2.38. The number of nitrogens with zero attached hydrogens (tertiary/aromatic N) is 1. The van der Waals surface area contributed by atoms with Gasteiger partial charge in [-0.1, -0.05) is 12.1 Å². The van der Waals surface area contributed by atoms with Gasteiger partial charge in [-0.15, -0.1) is 0 Å². The highest BCUT2D eigenvalue weighted by Gasteiger charge is 2.17. The van der Waals surface area contributed by atoms with Gasteiger partial charge in [0.05, 0.1) is 6.04 Å². The maximum atomic E-state index is 12.4. The minimum atomic E-state index is -0.990. The number of hydrogen-bond acceptors (Lipinski definition) is 3. The Bertz CT molecular complexity index is 737. The molecule has 2 aromatic rings. The molecule has 2 rings (SSSR count). The summed E-state index contributed by atoms with van der Waals surface area (Å²) in [5.41, 5.74) is 1.98. The van der Waals surface area contributed by atoms with Crippen LogP contribution in [0.5, 0.6) is 0 Å². The van der Waals surface area contributed by atoms with Crippen molar-refractivity contribution < 1.29 is 13.4 Å². The van der Waals surface area contributed by atoms with Gasteiger partial charge in [0, 0.05) is 41.1 Å². The number of hydrogen-bond donors (Lipinski definition) is 1. The number of aryl methyl sites for hydroxylation is 2. The molecule has 0 aliphatic carbocycles. The molecule has 0 saturated heterocycles. The Morgan fingerprint density at radius 2 is 1.92 bits per heavy atom. The largest absolute Gasteiger partial charge is 0.466 e. The zero-order valence-corrected chi connectivity index (χ0v) is 15.6. The lowest BCUT2D eigenvalue weighted by Gasteiger charge is -2.21. The first kappa shape index (κ1) is 18.3. The first-order chi connectivity index (χ1) is 11.3. The van der Waals surface area contributed by atoms with E-state index in [0.29, 0.717) is 6.54 Å². The number of furan rings is 1. The van der Waals surface area contributed by atoms with E-state index in [0.717, 1.165) is 27.5 Å². The molecule has 0 radical (unpaired) electrons. The summed E-state index contributed by atoms with van der Waals surface area (Å²) in [6, 6.07) is 9.13. The highest BCUT2D eigenvalue weighted by molar-refractivity contribution is 7.84. The van der Waals surface area contributed by atoms with Crippen LogP contribution in [-0.4, -0.2) is 28.4 Å². The summed E-state index contributed by atoms with van der Waals surface area (Å²) in [6.07, 6.45) is 1.65. The number of rotatable bonds is 5. The molecule has 24 heavy (non-hydrogen) atoms. The molecule has 0 spiro atoms. The zero-order valence-electron chi connectivity index (χ0n) is 14.8. The average molecular weight is 348 g/mol. The second-order valence-electron chi connectivity index (χ2n) is 5.99. The van der Waals surface area contributed by atoms with Gasteiger partial charge in [-0.2, -0.15) is 0 Å². The zero-order chi connectivity index (χ0) is 17.9. The average Bonchev–Trinajstić information content (AvgIpc) is 2.86. The Hall–Kier alpha value is -2.08. The third-order valence-corrected chi connectivity index (χ3v) is 4.84. The van der Waals surface area contributed by atoms with Gasteiger partial charge in [0.25, 0.3) is 0 Å². The van der Waals surface area contributed by atoms with E-state index < -0.39 is 10.8 Å². The van der Waals surface area contributed by atoms with Gasteiger partial charge in [0.1, 0.15) is 11.5 Å². The van der Waals surface area contributed by atoms with E-state index in [1.165, 1.54) is 0 Å². The van der Waals surface area contributed by atoms with Crippen molar-refractivity contribution in [3.05, 3.63) is 53.0 Å². The fourth-order valence-electron chi connectivity index (χ4n) is 2.59. The van der Waals surface area contributed by atoms with E-state index in [4.69, 9.17) is 4.42 Å². The maximum Gasteiger partial charge on any atom is 0.317 e. The molecule has 0 bridgehead atoms. The predicted molar refractivity (Wildman–Crippen MR) is 95.4 cm³/mol. The molecule has 0 fully saturated rings. The van der Waals surface area contributed by atoms with E-state index in [9.17, 15) is 9.00 Å². The van der Waals surface area contributed by atoms with Crippen molar-refractivity contribution in [2.24, 2.45) is 0 Å². The lowest BCUT2D eigenvalue weighted by molar-refractivity contribution is 0.203. The molecule has 1 aromatic heterocycles. The second-order valence-corrected chi connectivity index (χ2v) is 7.37. The molecule has 5 nitrogen and oxygen atoms in total. The summed E-state index contributed by atoms with van der Waals surface area (Å²) in [5, 5.41) is 2.98. The topological polar surface area (TPSA) is 62.6 Å². The van der Waals surface area contributed by atoms with Gasteiger partial charge in [-0.3, -0.25) is 4.21 Å². The first-order valence-electron chi connectivity index (χ1n) is 7.79. The Morgan fingerprint density at radius 1 is 1.29 bits per heavy atom. The number of benzene rings is 1. The number of carbonyl (C=O) groups is 1. The van der Waals surface area contributed by atoms with Gasteiger partial charge in [-0.05, 0) is 44.5 Å². The second kappa shape index (κ2) is 7.66. The van der Waals surface area contributed by atoms with E-state index in [-0.39, 0.29) is 12.1 Å². The normalized spacial score (nSPS) is 13.4. The minimum absolute atomic E-state index is 0.123. The SMILES string of the molecule is Cc1cc([C@H](C)NC(=O)N(C)Cc2ccc([S@@](C)=O)cc2)c(C)o1. The lowest BCUT2D eigenvalue weighted by atomic mass is 10.1. The minimum Gasteiger partial charge on any atom is -0.466 e. The molecule has 1 N–H and O–H groups in total. The standard InChI is InChI=1S/C18H24N2O3S/c1-12-10-17(14(3)23-12)13(2)19-18(21)20(4)11-15-6-8-16(9-7-15)24(5)22/h6-10,13H,11H2,1-5H3,(H,19,21)/t13-,24+/m0/s1. The van der Waals surface area contributed by atoms with Crippen LogP contribution in [0.1, 0.15) is 35.6 Å². The summed E-state index contributed by atoms with van der Waals surface area (Å²) in [5.74, 6) is 1.66. The van der Waals surface area contributed by atoms with Crippen molar-refractivity contribution in [3.63, 3.8) is 0 Å². The fraction of sp³-hybridized carbons (Fsp3) is 0.389. The molecule has 2 atom stereocenters. The molecular formula is C18H24N2O3S. The molecule has 130 valence electrons. The van der Waals surface area contributed by atoms with Crippen molar-refractivity contribution in [2.75, 3.05) is 13.3 Å². The van der Waals surface area contributed by atoms with Crippen LogP contribution in [0.4, 0.5) is 4.79 Å². The van der Waals surface area contributed by atoms with Crippen LogP contribution in [0.3, 0.4) is 0 Å². The molecule has 1 heterocycles. The van der Waals surface area contributed by atoms with E-state index >= 15 is 0 Å². The summed E-state index contributed by atoms with van der Waals surface area (Å²) in [7, 11) is 0.762. The van der Waals surface area contributed by atoms with E-state index in [2.05, 4.69) is 5.32 Å². The van der Waals surface area contributed by atoms with Crippen LogP contribution in [0.15, 0.2) is 39.6 Å². The Balaban J connectivity index is 1.96. The molecule has 0 aliphatic heterocycles. The number of nitrogens with one attached hydrogen (secondary N) is 1. The smallest absolute Gasteiger partial charge is 0.317 e. The van der Waals surface area contributed by atoms with Gasteiger partial charge < -0.3 is 14.6 Å². The van der Waals surface area contributed by atoms with Crippen molar-refractivity contribution in [1.29, 1.82) is 0 Å². The van der Waals surface area contributed by atoms with Crippen LogP contribution in [0.2, 0.25) is 0 Å². The van der Waals surface area contributed by atoms with Gasteiger partial charge in [0.15, 0.2) is 0 Å². The number of urea groups is 1. The Kier molecular flexibility index (Phi) is 5.83. The Morgan fingerprint density at radius 3 is 2.42 bits per heavy atom. The first-order valence-corrected chi connectivity index (χ1v) is 9.34. The highest BCUT2D eigenvalue weighted by atomic mass is 32.2. The third-order valence-electron chi connectivity index (χ3n) is 3.91. The predicted octanol–water partition coefficient (Wildman–Crippen LogP) is 3.54. The van der Waals surface area contributed by atoms with Gasteiger partial charge >= 0.3 is 6.03 Å². The van der Waals surface area contributed by atoms with Gasteiger partial charge in [-0.25, -0.2) is 4.79 Å². The summed E-state index contributed by atoms with van der Waals surface area (Å²) < 4.78 is 16.9. The molecule has 2 amide bonds. The van der Waals surface area contributed by atoms with Gasteiger partial charge in [0.2, 0.25) is 0 Å².